The predicted octanol–water partition coefficient (Wildman–Crippen LogP) is 2.47. The summed E-state index contributed by atoms with van der Waals surface area (Å²) in [6.07, 6.45) is 0. The van der Waals surface area contributed by atoms with E-state index in [9.17, 15) is 10.1 Å². The summed E-state index contributed by atoms with van der Waals surface area (Å²) in [5.74, 6) is -0.0461. The zero-order valence-corrected chi connectivity index (χ0v) is 15.4. The van der Waals surface area contributed by atoms with Gasteiger partial charge in [0.05, 0.1) is 10.9 Å². The topological polar surface area (TPSA) is 60.7 Å². The molecule has 0 fully saturated rings. The van der Waals surface area contributed by atoms with E-state index in [0.717, 1.165) is 0 Å². The van der Waals surface area contributed by atoms with Crippen molar-refractivity contribution in [2.75, 3.05) is 13.6 Å². The van der Waals surface area contributed by atoms with Crippen LogP contribution in [0.15, 0.2) is 41.8 Å². The second kappa shape index (κ2) is 7.61. The minimum atomic E-state index is -0.798. The number of rotatable bonds is 6. The molecule has 2 aromatic rings. The largest absolute Gasteiger partial charge is 0.328 e. The van der Waals surface area contributed by atoms with Crippen LogP contribution in [-0.2, 0) is 4.79 Å². The number of aryl methyl sites for hydroxylation is 1. The Kier molecular flexibility index (Phi) is 5.76. The summed E-state index contributed by atoms with van der Waals surface area (Å²) < 4.78 is 0. The van der Waals surface area contributed by atoms with Gasteiger partial charge in [-0.25, -0.2) is 0 Å². The fourth-order valence-corrected chi connectivity index (χ4v) is 3.25. The lowest BCUT2D eigenvalue weighted by Gasteiger charge is -2.29. The third-order valence-corrected chi connectivity index (χ3v) is 5.26. The molecule has 24 heavy (non-hydrogen) atoms. The molecule has 0 aliphatic carbocycles. The maximum atomic E-state index is 12.5. The lowest BCUT2D eigenvalue weighted by atomic mass is 10.0. The standard InChI is InChI=1S/C19H23N3OS/c1-14-7-9-15(10-8-14)18(16-6-5-11-24-16)21-12-17(23)22(4)19(2,3)13-20/h5-11,18,21H,12H2,1-4H3/p+1/t18-/m0/s1. The van der Waals surface area contributed by atoms with E-state index in [4.69, 9.17) is 0 Å². The van der Waals surface area contributed by atoms with Crippen molar-refractivity contribution in [3.8, 4) is 6.07 Å². The van der Waals surface area contributed by atoms with Crippen molar-refractivity contribution >= 4 is 17.2 Å². The average Bonchev–Trinajstić information content (AvgIpc) is 3.10. The van der Waals surface area contributed by atoms with Gasteiger partial charge in [0.2, 0.25) is 0 Å². The van der Waals surface area contributed by atoms with Gasteiger partial charge in [0.1, 0.15) is 11.6 Å². The molecular weight excluding hydrogens is 318 g/mol. The monoisotopic (exact) mass is 342 g/mol. The molecule has 1 aromatic carbocycles. The van der Waals surface area contributed by atoms with E-state index >= 15 is 0 Å². The van der Waals surface area contributed by atoms with Crippen LogP contribution in [0.2, 0.25) is 0 Å². The number of quaternary nitrogens is 1. The third kappa shape index (κ3) is 4.22. The number of nitriles is 1. The molecule has 0 spiro atoms. The van der Waals surface area contributed by atoms with E-state index in [-0.39, 0.29) is 11.9 Å². The molecule has 0 saturated carbocycles. The van der Waals surface area contributed by atoms with Gasteiger partial charge in [0.15, 0.2) is 6.54 Å². The van der Waals surface area contributed by atoms with E-state index in [1.807, 2.05) is 11.4 Å². The highest BCUT2D eigenvalue weighted by atomic mass is 32.1. The van der Waals surface area contributed by atoms with Crippen molar-refractivity contribution in [3.05, 3.63) is 57.8 Å². The van der Waals surface area contributed by atoms with Crippen LogP contribution in [0.1, 0.15) is 35.9 Å². The first-order chi connectivity index (χ1) is 11.3. The lowest BCUT2D eigenvalue weighted by Crippen LogP contribution is -2.88. The molecule has 0 radical (unpaired) electrons. The van der Waals surface area contributed by atoms with Crippen LogP contribution >= 0.6 is 11.3 Å². The zero-order chi connectivity index (χ0) is 17.7. The van der Waals surface area contributed by atoms with Crippen molar-refractivity contribution in [1.29, 1.82) is 5.26 Å². The summed E-state index contributed by atoms with van der Waals surface area (Å²) in [5, 5.41) is 13.3. The van der Waals surface area contributed by atoms with Gasteiger partial charge < -0.3 is 10.2 Å². The second-order valence-electron chi connectivity index (χ2n) is 6.47. The van der Waals surface area contributed by atoms with Crippen LogP contribution in [0, 0.1) is 18.3 Å². The van der Waals surface area contributed by atoms with E-state index in [1.165, 1.54) is 20.9 Å². The Morgan fingerprint density at radius 3 is 2.54 bits per heavy atom. The molecule has 0 aliphatic rings. The molecule has 0 saturated heterocycles. The van der Waals surface area contributed by atoms with Crippen LogP contribution in [0.3, 0.4) is 0 Å². The average molecular weight is 342 g/mol. The van der Waals surface area contributed by atoms with Gasteiger partial charge in [0.25, 0.3) is 5.91 Å². The maximum Gasteiger partial charge on any atom is 0.278 e. The fourth-order valence-electron chi connectivity index (χ4n) is 2.40. The van der Waals surface area contributed by atoms with Crippen molar-refractivity contribution in [3.63, 3.8) is 0 Å². The number of carbonyl (C=O) groups is 1. The Labute approximate surface area is 147 Å². The van der Waals surface area contributed by atoms with E-state index in [0.29, 0.717) is 6.54 Å². The number of likely N-dealkylation sites (N-methyl/N-ethyl adjacent to an activating group) is 1. The van der Waals surface area contributed by atoms with E-state index in [2.05, 4.69) is 48.7 Å². The van der Waals surface area contributed by atoms with Crippen molar-refractivity contribution in [2.24, 2.45) is 0 Å². The molecule has 1 aromatic heterocycles. The lowest BCUT2D eigenvalue weighted by molar-refractivity contribution is -0.676. The van der Waals surface area contributed by atoms with Gasteiger partial charge in [-0.3, -0.25) is 4.79 Å². The Balaban J connectivity index is 2.14. The molecule has 2 N–H and O–H groups in total. The van der Waals surface area contributed by atoms with Crippen LogP contribution in [0.5, 0.6) is 0 Å². The Bertz CT molecular complexity index is 714. The number of thiophene rings is 1. The van der Waals surface area contributed by atoms with Crippen LogP contribution in [-0.4, -0.2) is 29.9 Å². The van der Waals surface area contributed by atoms with Gasteiger partial charge in [-0.1, -0.05) is 35.9 Å². The first kappa shape index (κ1) is 18.2. The minimum absolute atomic E-state index is 0.0461. The first-order valence-corrected chi connectivity index (χ1v) is 8.84. The molecular formula is C19H24N3OS+. The molecule has 1 heterocycles. The highest BCUT2D eigenvalue weighted by Gasteiger charge is 2.29. The number of hydrogen-bond acceptors (Lipinski definition) is 3. The first-order valence-electron chi connectivity index (χ1n) is 7.96. The highest BCUT2D eigenvalue weighted by Crippen LogP contribution is 2.23. The van der Waals surface area contributed by atoms with Crippen LogP contribution in [0.4, 0.5) is 0 Å². The van der Waals surface area contributed by atoms with Gasteiger partial charge in [-0.2, -0.15) is 5.26 Å². The Morgan fingerprint density at radius 2 is 2.00 bits per heavy atom. The molecule has 0 unspecified atom stereocenters. The molecule has 0 bridgehead atoms. The number of hydrogen-bond donors (Lipinski definition) is 1. The van der Waals surface area contributed by atoms with Crippen molar-refractivity contribution < 1.29 is 10.1 Å². The summed E-state index contributed by atoms with van der Waals surface area (Å²) >= 11 is 1.69. The third-order valence-electron chi connectivity index (χ3n) is 4.30. The SMILES string of the molecule is Cc1ccc([C@H]([NH2+]CC(=O)N(C)C(C)(C)C#N)c2cccs2)cc1. The van der Waals surface area contributed by atoms with Crippen molar-refractivity contribution in [1.82, 2.24) is 4.90 Å². The maximum absolute atomic E-state index is 12.5. The molecule has 1 amide bonds. The highest BCUT2D eigenvalue weighted by molar-refractivity contribution is 7.10. The van der Waals surface area contributed by atoms with E-state index < -0.39 is 5.54 Å². The molecule has 4 nitrogen and oxygen atoms in total. The fraction of sp³-hybridized carbons (Fsp3) is 0.368. The smallest absolute Gasteiger partial charge is 0.278 e. The van der Waals surface area contributed by atoms with Gasteiger partial charge in [0, 0.05) is 12.6 Å². The van der Waals surface area contributed by atoms with E-state index in [1.54, 1.807) is 32.2 Å². The number of amides is 1. The number of benzene rings is 1. The predicted molar refractivity (Wildman–Crippen MR) is 96.6 cm³/mol. The molecule has 126 valence electrons. The number of nitrogens with two attached hydrogens (primary N) is 1. The quantitative estimate of drug-likeness (QED) is 0.877. The summed E-state index contributed by atoms with van der Waals surface area (Å²) in [6.45, 7) is 5.87. The Morgan fingerprint density at radius 1 is 1.33 bits per heavy atom. The van der Waals surface area contributed by atoms with Gasteiger partial charge >= 0.3 is 0 Å². The summed E-state index contributed by atoms with van der Waals surface area (Å²) in [7, 11) is 1.69. The molecule has 5 heteroatoms. The molecule has 0 aliphatic heterocycles. The summed E-state index contributed by atoms with van der Waals surface area (Å²) in [5.41, 5.74) is 1.60. The van der Waals surface area contributed by atoms with Crippen LogP contribution in [0.25, 0.3) is 0 Å². The number of carbonyl (C=O) groups excluding carboxylic acids is 1. The second-order valence-corrected chi connectivity index (χ2v) is 7.45. The molecule has 2 rings (SSSR count). The minimum Gasteiger partial charge on any atom is -0.328 e. The number of nitrogens with zero attached hydrogens (tertiary/aromatic N) is 2. The summed E-state index contributed by atoms with van der Waals surface area (Å²) in [6, 6.07) is 14.8. The van der Waals surface area contributed by atoms with Crippen molar-refractivity contribution in [2.45, 2.75) is 32.4 Å². The zero-order valence-electron chi connectivity index (χ0n) is 14.6. The summed E-state index contributed by atoms with van der Waals surface area (Å²) in [4.78, 5) is 15.2. The van der Waals surface area contributed by atoms with Crippen LogP contribution < -0.4 is 5.32 Å². The van der Waals surface area contributed by atoms with Gasteiger partial charge in [-0.15, -0.1) is 11.3 Å². The molecule has 1 atom stereocenters. The Hall–Kier alpha value is -2.16. The van der Waals surface area contributed by atoms with Gasteiger partial charge in [-0.05, 0) is 32.2 Å². The normalized spacial score (nSPS) is 12.5.